The van der Waals surface area contributed by atoms with Crippen LogP contribution in [0.1, 0.15) is 11.6 Å². The maximum atomic E-state index is 12.4. The topological polar surface area (TPSA) is 85.3 Å². The van der Waals surface area contributed by atoms with E-state index in [4.69, 9.17) is 27.6 Å². The second-order valence-electron chi connectivity index (χ2n) is 7.08. The quantitative estimate of drug-likeness (QED) is 0.286. The molecular weight excluding hydrogens is 481 g/mol. The van der Waals surface area contributed by atoms with Gasteiger partial charge in [-0.15, -0.1) is 10.2 Å². The molecule has 0 aliphatic heterocycles. The number of halogens is 2. The fourth-order valence-corrected chi connectivity index (χ4v) is 4.56. The number of carbonyl (C=O) groups is 1. The van der Waals surface area contributed by atoms with Gasteiger partial charge in [0.05, 0.1) is 5.02 Å². The van der Waals surface area contributed by atoms with E-state index in [9.17, 15) is 4.79 Å². The van der Waals surface area contributed by atoms with Crippen molar-refractivity contribution in [3.8, 4) is 21.9 Å². The summed E-state index contributed by atoms with van der Waals surface area (Å²) < 4.78 is 7.48. The van der Waals surface area contributed by atoms with Gasteiger partial charge in [-0.2, -0.15) is 9.61 Å². The fraction of sp³-hybridized carbons (Fsp3) is 0.0435. The van der Waals surface area contributed by atoms with Crippen LogP contribution in [0.5, 0.6) is 0 Å². The lowest BCUT2D eigenvalue weighted by atomic mass is 10.2. The Hall–Kier alpha value is -3.46. The van der Waals surface area contributed by atoms with Crippen LogP contribution in [0.2, 0.25) is 10.0 Å². The first-order valence-corrected chi connectivity index (χ1v) is 11.4. The maximum absolute atomic E-state index is 12.4. The normalized spacial score (nSPS) is 11.5. The molecule has 0 unspecified atom stereocenters. The first-order chi connectivity index (χ1) is 16.0. The number of rotatable bonds is 5. The number of amides is 1. The molecule has 0 atom stereocenters. The number of nitrogens with zero attached hydrogens (tertiary/aromatic N) is 4. The van der Waals surface area contributed by atoms with E-state index in [-0.39, 0.29) is 5.91 Å². The van der Waals surface area contributed by atoms with Crippen LogP contribution in [0.4, 0.5) is 5.69 Å². The highest BCUT2D eigenvalue weighted by Crippen LogP contribution is 2.32. The Balaban J connectivity index is 1.28. The number of anilines is 1. The molecule has 0 bridgehead atoms. The summed E-state index contributed by atoms with van der Waals surface area (Å²) in [6.45, 7) is 1.85. The summed E-state index contributed by atoms with van der Waals surface area (Å²) in [6.07, 6.45) is 3.00. The predicted octanol–water partition coefficient (Wildman–Crippen LogP) is 6.38. The molecule has 2 aromatic carbocycles. The van der Waals surface area contributed by atoms with Gasteiger partial charge in [-0.05, 0) is 55.5 Å². The predicted molar refractivity (Wildman–Crippen MR) is 131 cm³/mol. The monoisotopic (exact) mass is 495 g/mol. The molecule has 3 heterocycles. The molecule has 0 fully saturated rings. The largest absolute Gasteiger partial charge is 0.457 e. The van der Waals surface area contributed by atoms with Crippen molar-refractivity contribution >= 4 is 57.2 Å². The number of nitrogens with one attached hydrogen (secondary N) is 1. The lowest BCUT2D eigenvalue weighted by molar-refractivity contribution is -0.111. The van der Waals surface area contributed by atoms with Crippen molar-refractivity contribution in [2.24, 2.45) is 0 Å². The lowest BCUT2D eigenvalue weighted by Gasteiger charge is -2.03. The number of aromatic nitrogens is 4. The van der Waals surface area contributed by atoms with Gasteiger partial charge >= 0.3 is 0 Å². The van der Waals surface area contributed by atoms with Crippen LogP contribution < -0.4 is 5.32 Å². The summed E-state index contributed by atoms with van der Waals surface area (Å²) in [7, 11) is 0. The minimum absolute atomic E-state index is 0.288. The lowest BCUT2D eigenvalue weighted by Crippen LogP contribution is -2.07. The van der Waals surface area contributed by atoms with Crippen molar-refractivity contribution in [3.05, 3.63) is 82.3 Å². The van der Waals surface area contributed by atoms with Crippen molar-refractivity contribution in [3.63, 3.8) is 0 Å². The molecule has 1 N–H and O–H groups in total. The summed E-state index contributed by atoms with van der Waals surface area (Å²) in [6, 6.07) is 16.2. The summed E-state index contributed by atoms with van der Waals surface area (Å²) in [5.74, 6) is 1.55. The van der Waals surface area contributed by atoms with E-state index in [0.29, 0.717) is 27.3 Å². The Morgan fingerprint density at radius 3 is 2.82 bits per heavy atom. The smallest absolute Gasteiger partial charge is 0.248 e. The van der Waals surface area contributed by atoms with Crippen LogP contribution in [0.15, 0.2) is 65.1 Å². The number of aryl methyl sites for hydroxylation is 1. The van der Waals surface area contributed by atoms with Gasteiger partial charge in [0.15, 0.2) is 5.82 Å². The molecule has 7 nitrogen and oxygen atoms in total. The molecule has 10 heteroatoms. The molecule has 33 heavy (non-hydrogen) atoms. The summed E-state index contributed by atoms with van der Waals surface area (Å²) >= 11 is 13.6. The molecule has 5 rings (SSSR count). The highest BCUT2D eigenvalue weighted by atomic mass is 35.5. The zero-order valence-corrected chi connectivity index (χ0v) is 19.4. The Kier molecular flexibility index (Phi) is 5.72. The number of hydrogen-bond donors (Lipinski definition) is 1. The minimum Gasteiger partial charge on any atom is -0.457 e. The zero-order chi connectivity index (χ0) is 22.9. The molecule has 5 aromatic rings. The first kappa shape index (κ1) is 21.4. The van der Waals surface area contributed by atoms with Crippen molar-refractivity contribution in [1.29, 1.82) is 0 Å². The Bertz CT molecular complexity index is 1520. The molecule has 0 saturated carbocycles. The average molecular weight is 496 g/mol. The fourth-order valence-electron chi connectivity index (χ4n) is 3.18. The summed E-state index contributed by atoms with van der Waals surface area (Å²) in [5, 5.41) is 17.3. The molecule has 164 valence electrons. The Labute approximate surface area is 202 Å². The molecule has 3 aromatic heterocycles. The van der Waals surface area contributed by atoms with E-state index >= 15 is 0 Å². The van der Waals surface area contributed by atoms with E-state index in [1.165, 1.54) is 17.4 Å². The number of furan rings is 1. The van der Waals surface area contributed by atoms with Gasteiger partial charge in [-0.1, -0.05) is 46.7 Å². The van der Waals surface area contributed by atoms with Gasteiger partial charge in [-0.3, -0.25) is 4.79 Å². The van der Waals surface area contributed by atoms with Crippen molar-refractivity contribution < 1.29 is 9.21 Å². The molecule has 1 amide bonds. The van der Waals surface area contributed by atoms with Crippen molar-refractivity contribution in [1.82, 2.24) is 19.8 Å². The second-order valence-corrected chi connectivity index (χ2v) is 8.88. The van der Waals surface area contributed by atoms with E-state index < -0.39 is 0 Å². The third kappa shape index (κ3) is 4.54. The highest BCUT2D eigenvalue weighted by molar-refractivity contribution is 7.19. The minimum atomic E-state index is -0.288. The first-order valence-electron chi connectivity index (χ1n) is 9.80. The molecule has 0 saturated heterocycles. The van der Waals surface area contributed by atoms with E-state index in [2.05, 4.69) is 20.6 Å². The number of carbonyl (C=O) groups excluding carboxylic acids is 1. The highest BCUT2D eigenvalue weighted by Gasteiger charge is 2.12. The van der Waals surface area contributed by atoms with Gasteiger partial charge in [0, 0.05) is 27.9 Å². The summed E-state index contributed by atoms with van der Waals surface area (Å²) in [5.41, 5.74) is 2.25. The summed E-state index contributed by atoms with van der Waals surface area (Å²) in [4.78, 5) is 13.2. The van der Waals surface area contributed by atoms with Crippen molar-refractivity contribution in [2.75, 3.05) is 5.32 Å². The Morgan fingerprint density at radius 1 is 1.12 bits per heavy atom. The van der Waals surface area contributed by atoms with Gasteiger partial charge in [0.1, 0.15) is 16.5 Å². The third-order valence-corrected chi connectivity index (χ3v) is 6.24. The van der Waals surface area contributed by atoms with Crippen molar-refractivity contribution in [2.45, 2.75) is 6.92 Å². The van der Waals surface area contributed by atoms with Crippen LogP contribution in [0.25, 0.3) is 32.9 Å². The van der Waals surface area contributed by atoms with E-state index in [1.54, 1.807) is 40.9 Å². The SMILES string of the molecule is Cc1nnc2sc(-c3cccc(NC(=O)/C=C/c4ccc(-c5ccc(Cl)cc5Cl)o4)c3)nn12. The average Bonchev–Trinajstić information content (AvgIpc) is 3.50. The Morgan fingerprint density at radius 2 is 2.00 bits per heavy atom. The zero-order valence-electron chi connectivity index (χ0n) is 17.1. The number of fused-ring (bicyclic) bond motifs is 1. The number of benzene rings is 2. The third-order valence-electron chi connectivity index (χ3n) is 4.75. The van der Waals surface area contributed by atoms with Crippen LogP contribution in [0, 0.1) is 6.92 Å². The van der Waals surface area contributed by atoms with E-state index in [1.807, 2.05) is 31.2 Å². The van der Waals surface area contributed by atoms with Gasteiger partial charge in [0.25, 0.3) is 0 Å². The standard InChI is InChI=1S/C23H15Cl2N5O2S/c1-13-27-28-23-30(13)29-22(33-23)14-3-2-4-16(11-14)26-21(31)10-7-17-6-9-20(32-17)18-8-5-15(24)12-19(18)25/h2-12H,1H3,(H,26,31)/b10-7+. The molecular formula is C23H15Cl2N5O2S. The number of hydrogen-bond acceptors (Lipinski definition) is 6. The second kappa shape index (κ2) is 8.82. The van der Waals surface area contributed by atoms with Crippen LogP contribution in [-0.2, 0) is 4.79 Å². The molecule has 0 spiro atoms. The van der Waals surface area contributed by atoms with Gasteiger partial charge in [0.2, 0.25) is 10.9 Å². The molecule has 0 aliphatic carbocycles. The van der Waals surface area contributed by atoms with Crippen LogP contribution in [0.3, 0.4) is 0 Å². The van der Waals surface area contributed by atoms with E-state index in [0.717, 1.165) is 26.9 Å². The molecule has 0 aliphatic rings. The van der Waals surface area contributed by atoms with Gasteiger partial charge in [-0.25, -0.2) is 0 Å². The van der Waals surface area contributed by atoms with Crippen LogP contribution >= 0.6 is 34.5 Å². The van der Waals surface area contributed by atoms with Crippen LogP contribution in [-0.4, -0.2) is 25.7 Å². The molecule has 0 radical (unpaired) electrons. The maximum Gasteiger partial charge on any atom is 0.248 e. The van der Waals surface area contributed by atoms with Gasteiger partial charge < -0.3 is 9.73 Å².